The molecular formula is C4H9F5N2S. The number of hydrogen-bond acceptors (Lipinski definition) is 1. The second-order valence-corrected chi connectivity index (χ2v) is 4.50. The van der Waals surface area contributed by atoms with Gasteiger partial charge in [0.1, 0.15) is 5.84 Å². The Morgan fingerprint density at radius 3 is 1.50 bits per heavy atom. The first-order valence-electron chi connectivity index (χ1n) is 2.80. The van der Waals surface area contributed by atoms with Crippen LogP contribution in [0.25, 0.3) is 0 Å². The highest BCUT2D eigenvalue weighted by molar-refractivity contribution is 8.44. The number of nitrogens with zero attached hydrogens (tertiary/aromatic N) is 2. The van der Waals surface area contributed by atoms with E-state index in [0.717, 1.165) is 11.8 Å². The lowest BCUT2D eigenvalue weighted by Gasteiger charge is -2.36. The average molecular weight is 212 g/mol. The summed E-state index contributed by atoms with van der Waals surface area (Å²) in [6.45, 7) is 0.859. The zero-order valence-corrected chi connectivity index (χ0v) is 7.51. The van der Waals surface area contributed by atoms with E-state index in [9.17, 15) is 19.4 Å². The summed E-state index contributed by atoms with van der Waals surface area (Å²) >= 11 is 0. The minimum atomic E-state index is -9.62. The minimum Gasteiger partial charge on any atom is -0.366 e. The third-order valence-corrected chi connectivity index (χ3v) is 1.56. The molecule has 2 nitrogen and oxygen atoms in total. The van der Waals surface area contributed by atoms with Crippen LogP contribution in [0.1, 0.15) is 6.92 Å². The molecule has 0 fully saturated rings. The van der Waals surface area contributed by atoms with Crippen LogP contribution in [0.2, 0.25) is 0 Å². The van der Waals surface area contributed by atoms with Crippen LogP contribution in [-0.2, 0) is 0 Å². The van der Waals surface area contributed by atoms with E-state index in [2.05, 4.69) is 0 Å². The molecule has 0 aromatic rings. The number of amidine groups is 1. The van der Waals surface area contributed by atoms with Gasteiger partial charge in [-0.2, -0.15) is 0 Å². The molecule has 0 aliphatic heterocycles. The topological polar surface area (TPSA) is 15.6 Å². The lowest BCUT2D eigenvalue weighted by Crippen LogP contribution is -2.20. The van der Waals surface area contributed by atoms with Crippen molar-refractivity contribution >= 4 is 16.2 Å². The number of hydrogen-bond donors (Lipinski definition) is 0. The summed E-state index contributed by atoms with van der Waals surface area (Å²) in [7, 11) is -7.23. The summed E-state index contributed by atoms with van der Waals surface area (Å²) in [6.07, 6.45) is 0. The Morgan fingerprint density at radius 2 is 1.42 bits per heavy atom. The van der Waals surface area contributed by atoms with Gasteiger partial charge in [-0.15, -0.1) is 4.40 Å². The summed E-state index contributed by atoms with van der Waals surface area (Å²) in [5.74, 6) is -0.769. The van der Waals surface area contributed by atoms with E-state index in [-0.39, 0.29) is 0 Å². The third kappa shape index (κ3) is 6.20. The Balaban J connectivity index is 5.03. The van der Waals surface area contributed by atoms with E-state index in [0.29, 0.717) is 0 Å². The van der Waals surface area contributed by atoms with Gasteiger partial charge in [-0.1, -0.05) is 19.4 Å². The maximum absolute atomic E-state index is 11.6. The first-order valence-corrected chi connectivity index (χ1v) is 4.70. The second kappa shape index (κ2) is 2.04. The van der Waals surface area contributed by atoms with Gasteiger partial charge in [-0.3, -0.25) is 0 Å². The molecule has 0 N–H and O–H groups in total. The molecule has 0 radical (unpaired) electrons. The second-order valence-electron chi connectivity index (χ2n) is 2.46. The van der Waals surface area contributed by atoms with Gasteiger partial charge < -0.3 is 4.90 Å². The fourth-order valence-electron chi connectivity index (χ4n) is 0.331. The monoisotopic (exact) mass is 212 g/mol. The fraction of sp³-hybridized carbons (Fsp3) is 0.750. The van der Waals surface area contributed by atoms with Crippen molar-refractivity contribution in [3.05, 3.63) is 0 Å². The van der Waals surface area contributed by atoms with Crippen molar-refractivity contribution in [3.8, 4) is 0 Å². The first kappa shape index (κ1) is 11.5. The van der Waals surface area contributed by atoms with Crippen LogP contribution in [0, 0.1) is 0 Å². The maximum atomic E-state index is 11.6. The molecule has 0 bridgehead atoms. The van der Waals surface area contributed by atoms with E-state index in [4.69, 9.17) is 0 Å². The molecule has 0 aromatic carbocycles. The van der Waals surface area contributed by atoms with Crippen LogP contribution in [0.4, 0.5) is 19.4 Å². The highest BCUT2D eigenvalue weighted by Crippen LogP contribution is 2.99. The predicted molar refractivity (Wildman–Crippen MR) is 39.9 cm³/mol. The number of rotatable bonds is 1. The standard InChI is InChI=1S/C4H9F5N2S/c1-4(11(2)3)10-12(5,6,7,8)9/h1-3H3/b10-4+. The highest BCUT2D eigenvalue weighted by atomic mass is 32.5. The quantitative estimate of drug-likeness (QED) is 0.370. The zero-order chi connectivity index (χ0) is 10.3. The molecule has 0 amide bonds. The van der Waals surface area contributed by atoms with Crippen molar-refractivity contribution in [2.45, 2.75) is 6.92 Å². The van der Waals surface area contributed by atoms with E-state index < -0.39 is 16.2 Å². The Labute approximate surface area is 66.9 Å². The highest BCUT2D eigenvalue weighted by Gasteiger charge is 2.64. The number of halogens is 5. The normalized spacial score (nSPS) is 19.8. The van der Waals surface area contributed by atoms with Crippen LogP contribution in [0.15, 0.2) is 4.40 Å². The molecule has 0 aromatic heterocycles. The molecule has 0 saturated heterocycles. The molecule has 0 aliphatic carbocycles. The smallest absolute Gasteiger partial charge is 0.366 e. The predicted octanol–water partition coefficient (Wildman–Crippen LogP) is 3.18. The van der Waals surface area contributed by atoms with E-state index in [1.807, 2.05) is 0 Å². The molecule has 0 aliphatic rings. The minimum absolute atomic E-state index is 0.769. The Bertz CT molecular complexity index is 213. The Hall–Kier alpha value is -0.530. The molecule has 0 saturated carbocycles. The molecule has 0 atom stereocenters. The summed E-state index contributed by atoms with van der Waals surface area (Å²) in [5.41, 5.74) is 0. The van der Waals surface area contributed by atoms with E-state index in [1.54, 1.807) is 0 Å². The van der Waals surface area contributed by atoms with Gasteiger partial charge in [0.25, 0.3) is 0 Å². The zero-order valence-electron chi connectivity index (χ0n) is 6.69. The van der Waals surface area contributed by atoms with Crippen molar-refractivity contribution < 1.29 is 19.4 Å². The van der Waals surface area contributed by atoms with Crippen LogP contribution in [0.5, 0.6) is 0 Å². The van der Waals surface area contributed by atoms with Crippen LogP contribution < -0.4 is 0 Å². The fourth-order valence-corrected chi connectivity index (χ4v) is 0.994. The Morgan fingerprint density at radius 1 is 1.08 bits per heavy atom. The van der Waals surface area contributed by atoms with Gasteiger partial charge in [0.15, 0.2) is 0 Å². The van der Waals surface area contributed by atoms with Gasteiger partial charge in [-0.25, -0.2) is 0 Å². The summed E-state index contributed by atoms with van der Waals surface area (Å²) in [4.78, 5) is 0.859. The largest absolute Gasteiger partial charge is 0.383 e. The van der Waals surface area contributed by atoms with Gasteiger partial charge in [0, 0.05) is 14.1 Å². The lowest BCUT2D eigenvalue weighted by atomic mass is 10.6. The molecule has 0 rings (SSSR count). The summed E-state index contributed by atoms with van der Waals surface area (Å²) < 4.78 is 59.6. The van der Waals surface area contributed by atoms with Crippen LogP contribution in [0.3, 0.4) is 0 Å². The molecule has 12 heavy (non-hydrogen) atoms. The van der Waals surface area contributed by atoms with E-state index in [1.165, 1.54) is 18.5 Å². The molecular weight excluding hydrogens is 203 g/mol. The molecule has 0 heterocycles. The lowest BCUT2D eigenvalue weighted by molar-refractivity contribution is 0.365. The molecule has 0 unspecified atom stereocenters. The van der Waals surface area contributed by atoms with Crippen LogP contribution in [-0.4, -0.2) is 24.8 Å². The van der Waals surface area contributed by atoms with Gasteiger partial charge in [0.2, 0.25) is 0 Å². The van der Waals surface area contributed by atoms with Gasteiger partial charge >= 0.3 is 10.4 Å². The van der Waals surface area contributed by atoms with Crippen molar-refractivity contribution in [3.63, 3.8) is 0 Å². The van der Waals surface area contributed by atoms with Crippen molar-refractivity contribution in [2.24, 2.45) is 4.40 Å². The summed E-state index contributed by atoms with van der Waals surface area (Å²) in [6, 6.07) is 0. The van der Waals surface area contributed by atoms with E-state index >= 15 is 0 Å². The molecule has 8 heteroatoms. The van der Waals surface area contributed by atoms with Gasteiger partial charge in [0.05, 0.1) is 0 Å². The average Bonchev–Trinajstić information content (AvgIpc) is 1.55. The first-order chi connectivity index (χ1) is 4.80. The summed E-state index contributed by atoms with van der Waals surface area (Å²) in [5, 5.41) is 0. The molecule has 0 spiro atoms. The molecule has 76 valence electrons. The van der Waals surface area contributed by atoms with Crippen molar-refractivity contribution in [2.75, 3.05) is 14.1 Å². The third-order valence-electron chi connectivity index (χ3n) is 0.952. The van der Waals surface area contributed by atoms with Crippen molar-refractivity contribution in [1.82, 2.24) is 4.90 Å². The maximum Gasteiger partial charge on any atom is 0.383 e. The SMILES string of the molecule is C/C(=N\S(F)(F)(F)(F)F)N(C)C. The van der Waals surface area contributed by atoms with Crippen molar-refractivity contribution in [1.29, 1.82) is 0 Å². The van der Waals surface area contributed by atoms with Gasteiger partial charge in [-0.05, 0) is 6.92 Å². The van der Waals surface area contributed by atoms with Crippen LogP contribution >= 0.6 is 10.4 Å². The Kier molecular flexibility index (Phi) is 1.95.